The molecule has 2 rings (SSSR count). The first-order valence-corrected chi connectivity index (χ1v) is 9.50. The highest BCUT2D eigenvalue weighted by Crippen LogP contribution is 2.38. The van der Waals surface area contributed by atoms with E-state index in [2.05, 4.69) is 19.1 Å². The van der Waals surface area contributed by atoms with Gasteiger partial charge < -0.3 is 14.9 Å². The number of hydrogen-bond donors (Lipinski definition) is 2. The minimum absolute atomic E-state index is 0.0623. The molecule has 24 heavy (non-hydrogen) atoms. The molecule has 136 valence electrons. The van der Waals surface area contributed by atoms with Crippen molar-refractivity contribution < 1.29 is 19.7 Å². The third kappa shape index (κ3) is 5.75. The highest BCUT2D eigenvalue weighted by Gasteiger charge is 2.42. The number of carbonyl (C=O) groups excluding carboxylic acids is 1. The van der Waals surface area contributed by atoms with Gasteiger partial charge in [-0.1, -0.05) is 50.5 Å². The lowest BCUT2D eigenvalue weighted by atomic mass is 9.89. The first-order valence-electron chi connectivity index (χ1n) is 9.50. The highest BCUT2D eigenvalue weighted by atomic mass is 16.5. The van der Waals surface area contributed by atoms with E-state index in [-0.39, 0.29) is 23.9 Å². The molecule has 0 aromatic carbocycles. The smallest absolute Gasteiger partial charge is 0.306 e. The third-order valence-electron chi connectivity index (χ3n) is 5.16. The standard InChI is InChI=1S/C20H32O4/c1-2-3-6-9-15(21)12-13-16-17-10-7-4-5-8-11-20(23)24-19(17)14-18(16)22/h4,7,12-13,15-19,21-22H,2-3,5-6,8-11,14H2,1H3/b7-4-,13-12+/t15-,16+,17-,18-,19+/m0/s1. The molecule has 1 fully saturated rings. The van der Waals surface area contributed by atoms with Gasteiger partial charge in [-0.05, 0) is 25.7 Å². The fourth-order valence-corrected chi connectivity index (χ4v) is 3.74. The van der Waals surface area contributed by atoms with E-state index in [9.17, 15) is 15.0 Å². The Bertz CT molecular complexity index is 443. The number of hydrogen-bond acceptors (Lipinski definition) is 4. The number of carbonyl (C=O) groups is 1. The van der Waals surface area contributed by atoms with Gasteiger partial charge in [0.25, 0.3) is 0 Å². The molecule has 1 heterocycles. The van der Waals surface area contributed by atoms with Gasteiger partial charge in [0.15, 0.2) is 0 Å². The van der Waals surface area contributed by atoms with Gasteiger partial charge in [0, 0.05) is 24.7 Å². The van der Waals surface area contributed by atoms with Crippen LogP contribution in [0.15, 0.2) is 24.3 Å². The Labute approximate surface area is 145 Å². The van der Waals surface area contributed by atoms with E-state index >= 15 is 0 Å². The van der Waals surface area contributed by atoms with Crippen LogP contribution in [0, 0.1) is 11.8 Å². The Morgan fingerprint density at radius 3 is 3.00 bits per heavy atom. The Morgan fingerprint density at radius 2 is 2.21 bits per heavy atom. The van der Waals surface area contributed by atoms with Crippen LogP contribution in [-0.2, 0) is 9.53 Å². The molecule has 2 aliphatic rings. The summed E-state index contributed by atoms with van der Waals surface area (Å²) in [6.07, 6.45) is 14.3. The van der Waals surface area contributed by atoms with Crippen LogP contribution in [0.2, 0.25) is 0 Å². The summed E-state index contributed by atoms with van der Waals surface area (Å²) >= 11 is 0. The van der Waals surface area contributed by atoms with Crippen LogP contribution < -0.4 is 0 Å². The van der Waals surface area contributed by atoms with Gasteiger partial charge in [0.05, 0.1) is 12.2 Å². The molecule has 4 nitrogen and oxygen atoms in total. The molecule has 5 atom stereocenters. The summed E-state index contributed by atoms with van der Waals surface area (Å²) in [6.45, 7) is 2.14. The van der Waals surface area contributed by atoms with E-state index in [0.29, 0.717) is 12.8 Å². The predicted octanol–water partition coefficient (Wildman–Crippen LogP) is 3.52. The maximum Gasteiger partial charge on any atom is 0.306 e. The van der Waals surface area contributed by atoms with Gasteiger partial charge in [-0.3, -0.25) is 4.79 Å². The molecule has 4 heteroatoms. The fourth-order valence-electron chi connectivity index (χ4n) is 3.74. The Morgan fingerprint density at radius 1 is 1.38 bits per heavy atom. The van der Waals surface area contributed by atoms with Crippen molar-refractivity contribution in [3.05, 3.63) is 24.3 Å². The van der Waals surface area contributed by atoms with E-state index in [4.69, 9.17) is 4.74 Å². The molecule has 0 radical (unpaired) electrons. The molecule has 1 aliphatic carbocycles. The monoisotopic (exact) mass is 336 g/mol. The average Bonchev–Trinajstić information content (AvgIpc) is 2.84. The maximum atomic E-state index is 11.9. The van der Waals surface area contributed by atoms with Gasteiger partial charge in [0.2, 0.25) is 0 Å². The van der Waals surface area contributed by atoms with Gasteiger partial charge >= 0.3 is 5.97 Å². The average molecular weight is 336 g/mol. The Kier molecular flexibility index (Phi) is 8.00. The quantitative estimate of drug-likeness (QED) is 0.442. The van der Waals surface area contributed by atoms with Crippen molar-refractivity contribution in [1.82, 2.24) is 0 Å². The number of fused-ring (bicyclic) bond motifs is 1. The molecule has 0 unspecified atom stereocenters. The molecule has 2 N–H and O–H groups in total. The summed E-state index contributed by atoms with van der Waals surface area (Å²) in [5.41, 5.74) is 0. The van der Waals surface area contributed by atoms with Crippen LogP contribution in [0.1, 0.15) is 64.7 Å². The summed E-state index contributed by atoms with van der Waals surface area (Å²) in [6, 6.07) is 0. The molecule has 0 aromatic heterocycles. The molecule has 0 aromatic rings. The van der Waals surface area contributed by atoms with Gasteiger partial charge in [-0.25, -0.2) is 0 Å². The topological polar surface area (TPSA) is 66.8 Å². The van der Waals surface area contributed by atoms with Crippen LogP contribution in [0.3, 0.4) is 0 Å². The number of unbranched alkanes of at least 4 members (excludes halogenated alkanes) is 2. The van der Waals surface area contributed by atoms with Crippen molar-refractivity contribution in [3.63, 3.8) is 0 Å². The molecule has 1 saturated carbocycles. The minimum atomic E-state index is -0.513. The van der Waals surface area contributed by atoms with E-state index in [1.54, 1.807) is 0 Å². The molecule has 0 amide bonds. The van der Waals surface area contributed by atoms with E-state index in [1.165, 1.54) is 0 Å². The van der Waals surface area contributed by atoms with Crippen molar-refractivity contribution in [2.45, 2.75) is 83.0 Å². The van der Waals surface area contributed by atoms with Crippen molar-refractivity contribution in [3.8, 4) is 0 Å². The first-order chi connectivity index (χ1) is 11.6. The van der Waals surface area contributed by atoms with E-state index < -0.39 is 12.2 Å². The zero-order chi connectivity index (χ0) is 17.4. The van der Waals surface area contributed by atoms with Crippen molar-refractivity contribution in [2.75, 3.05) is 0 Å². The van der Waals surface area contributed by atoms with Crippen LogP contribution in [0.25, 0.3) is 0 Å². The van der Waals surface area contributed by atoms with Gasteiger partial charge in [-0.2, -0.15) is 0 Å². The van der Waals surface area contributed by atoms with E-state index in [1.807, 2.05) is 12.2 Å². The lowest BCUT2D eigenvalue weighted by Crippen LogP contribution is -2.25. The number of aliphatic hydroxyl groups excluding tert-OH is 2. The lowest BCUT2D eigenvalue weighted by Gasteiger charge is -2.23. The van der Waals surface area contributed by atoms with Crippen LogP contribution in [0.5, 0.6) is 0 Å². The summed E-state index contributed by atoms with van der Waals surface area (Å²) in [5.74, 6) is -0.123. The predicted molar refractivity (Wildman–Crippen MR) is 94.4 cm³/mol. The molecular weight excluding hydrogens is 304 g/mol. The minimum Gasteiger partial charge on any atom is -0.462 e. The molecule has 0 bridgehead atoms. The summed E-state index contributed by atoms with van der Waals surface area (Å²) in [4.78, 5) is 11.9. The number of rotatable bonds is 6. The normalized spacial score (nSPS) is 33.9. The molecule has 0 saturated heterocycles. The fraction of sp³-hybridized carbons (Fsp3) is 0.750. The molecule has 0 spiro atoms. The zero-order valence-corrected chi connectivity index (χ0v) is 14.8. The van der Waals surface area contributed by atoms with Crippen LogP contribution in [0.4, 0.5) is 0 Å². The van der Waals surface area contributed by atoms with E-state index in [0.717, 1.165) is 44.9 Å². The van der Waals surface area contributed by atoms with Gasteiger partial charge in [-0.15, -0.1) is 0 Å². The van der Waals surface area contributed by atoms with Crippen molar-refractivity contribution in [1.29, 1.82) is 0 Å². The zero-order valence-electron chi connectivity index (χ0n) is 14.8. The second kappa shape index (κ2) is 10.00. The molecular formula is C20H32O4. The second-order valence-electron chi connectivity index (χ2n) is 7.12. The Balaban J connectivity index is 1.99. The number of esters is 1. The van der Waals surface area contributed by atoms with Crippen molar-refractivity contribution in [2.24, 2.45) is 11.8 Å². The molecule has 1 aliphatic heterocycles. The van der Waals surface area contributed by atoms with Crippen LogP contribution in [-0.4, -0.2) is 34.5 Å². The number of aliphatic hydroxyl groups is 2. The largest absolute Gasteiger partial charge is 0.462 e. The summed E-state index contributed by atoms with van der Waals surface area (Å²) < 4.78 is 5.61. The summed E-state index contributed by atoms with van der Waals surface area (Å²) in [5, 5.41) is 20.5. The summed E-state index contributed by atoms with van der Waals surface area (Å²) in [7, 11) is 0. The highest BCUT2D eigenvalue weighted by molar-refractivity contribution is 5.69. The van der Waals surface area contributed by atoms with Gasteiger partial charge in [0.1, 0.15) is 6.10 Å². The SMILES string of the molecule is CCCCC[C@H](O)/C=C/[C@@H]1[C@@H]2C/C=C\CCCC(=O)O[C@@H]2C[C@@H]1O. The van der Waals surface area contributed by atoms with Crippen molar-refractivity contribution >= 4 is 5.97 Å². The Hall–Kier alpha value is -1.13. The maximum absolute atomic E-state index is 11.9. The number of allylic oxidation sites excluding steroid dienone is 2. The van der Waals surface area contributed by atoms with Crippen LogP contribution >= 0.6 is 0 Å². The third-order valence-corrected chi connectivity index (χ3v) is 5.16. The lowest BCUT2D eigenvalue weighted by molar-refractivity contribution is -0.151. The first kappa shape index (κ1) is 19.2. The number of ether oxygens (including phenoxy) is 1. The second-order valence-corrected chi connectivity index (χ2v) is 7.12.